The molecule has 0 amide bonds. The minimum atomic E-state index is -0.325. The maximum Gasteiger partial charge on any atom is 0.344 e. The Labute approximate surface area is 146 Å². The van der Waals surface area contributed by atoms with Crippen LogP contribution in [0.2, 0.25) is 0 Å². The average Bonchev–Trinajstić information content (AvgIpc) is 2.33. The van der Waals surface area contributed by atoms with E-state index in [1.54, 1.807) is 55.4 Å². The van der Waals surface area contributed by atoms with Crippen LogP contribution in [0, 0.1) is 11.8 Å². The maximum absolute atomic E-state index is 10.7. The van der Waals surface area contributed by atoms with E-state index >= 15 is 0 Å². The molecule has 0 saturated heterocycles. The molecule has 0 radical (unpaired) electrons. The zero-order valence-electron chi connectivity index (χ0n) is 14.3. The number of carbonyl (C=O) groups is 2. The molecule has 0 aromatic heterocycles. The Kier molecular flexibility index (Phi) is 17.9. The second-order valence-corrected chi connectivity index (χ2v) is 5.40. The molecule has 0 N–H and O–H groups in total. The molecule has 0 aromatic rings. The molecule has 124 valence electrons. The molecule has 0 fully saturated rings. The molecule has 0 bridgehead atoms. The molecule has 0 aromatic carbocycles. The minimum absolute atomic E-state index is 0. The van der Waals surface area contributed by atoms with Gasteiger partial charge in [-0.1, -0.05) is 27.7 Å². The smallest absolute Gasteiger partial charge is 0.298 e. The molecule has 0 aliphatic rings. The van der Waals surface area contributed by atoms with Crippen LogP contribution in [0.1, 0.15) is 55.4 Å². The van der Waals surface area contributed by atoms with Crippen LogP contribution in [0.5, 0.6) is 0 Å². The summed E-state index contributed by atoms with van der Waals surface area (Å²) in [6, 6.07) is 0. The Balaban J connectivity index is -0.000000295. The summed E-state index contributed by atoms with van der Waals surface area (Å²) < 4.78 is 0. The van der Waals surface area contributed by atoms with E-state index in [1.165, 1.54) is 0 Å². The van der Waals surface area contributed by atoms with E-state index in [9.17, 15) is 9.59 Å². The molecule has 0 unspecified atom stereocenters. The Hall–Kier alpha value is -0.257. The fourth-order valence-electron chi connectivity index (χ4n) is 0.480. The Bertz CT molecular complexity index is 249. The van der Waals surface area contributed by atoms with Gasteiger partial charge in [-0.15, -0.1) is 0 Å². The Morgan fingerprint density at radius 2 is 0.857 bits per heavy atom. The van der Waals surface area contributed by atoms with E-state index in [0.717, 1.165) is 0 Å². The molecule has 0 rings (SSSR count). The van der Waals surface area contributed by atoms with Crippen molar-refractivity contribution in [1.82, 2.24) is 0 Å². The third kappa shape index (κ3) is 19.7. The molecule has 21 heavy (non-hydrogen) atoms. The van der Waals surface area contributed by atoms with Gasteiger partial charge in [0.15, 0.2) is 0 Å². The van der Waals surface area contributed by atoms with Crippen LogP contribution in [0.4, 0.5) is 0 Å². The molecule has 0 saturated carbocycles. The van der Waals surface area contributed by atoms with E-state index in [2.05, 4.69) is 19.6 Å². The minimum Gasteiger partial charge on any atom is -0.298 e. The van der Waals surface area contributed by atoms with E-state index in [1.807, 2.05) is 0 Å². The largest absolute Gasteiger partial charge is 0.344 e. The van der Waals surface area contributed by atoms with Crippen molar-refractivity contribution >= 4 is 11.9 Å². The van der Waals surface area contributed by atoms with Crippen molar-refractivity contribution in [3.63, 3.8) is 0 Å². The summed E-state index contributed by atoms with van der Waals surface area (Å²) in [5.74, 6) is -0.903. The molecule has 6 nitrogen and oxygen atoms in total. The standard InChI is InChI=1S/2C7H14O3.Zr/c2*1-5(2)7(8)10-9-6(3)4;/h2*5-6H,1-4H3;. The third-order valence-electron chi connectivity index (χ3n) is 1.59. The summed E-state index contributed by atoms with van der Waals surface area (Å²) in [4.78, 5) is 39.5. The van der Waals surface area contributed by atoms with Crippen LogP contribution in [-0.4, -0.2) is 24.1 Å². The van der Waals surface area contributed by atoms with Gasteiger partial charge in [0.25, 0.3) is 0 Å². The van der Waals surface area contributed by atoms with Crippen molar-refractivity contribution in [3.8, 4) is 0 Å². The van der Waals surface area contributed by atoms with Crippen LogP contribution in [-0.2, 0) is 55.3 Å². The van der Waals surface area contributed by atoms with Crippen LogP contribution in [0.3, 0.4) is 0 Å². The first-order chi connectivity index (χ1) is 9.07. The monoisotopic (exact) mass is 382 g/mol. The van der Waals surface area contributed by atoms with E-state index in [0.29, 0.717) is 0 Å². The van der Waals surface area contributed by atoms with Gasteiger partial charge in [0.1, 0.15) is 0 Å². The van der Waals surface area contributed by atoms with Crippen molar-refractivity contribution in [2.75, 3.05) is 0 Å². The second kappa shape index (κ2) is 14.7. The van der Waals surface area contributed by atoms with E-state index in [4.69, 9.17) is 0 Å². The summed E-state index contributed by atoms with van der Waals surface area (Å²) in [6.07, 6.45) is -0.134. The SMILES string of the molecule is CC(C)OOC(=O)C(C)C.CC(C)OOC(=O)C(C)C.[Zr]. The first-order valence-corrected chi connectivity index (χ1v) is 6.82. The zero-order chi connectivity index (χ0) is 16.3. The predicted molar refractivity (Wildman–Crippen MR) is 74.3 cm³/mol. The Morgan fingerprint density at radius 1 is 0.619 bits per heavy atom. The van der Waals surface area contributed by atoms with Gasteiger partial charge < -0.3 is 0 Å². The number of hydrogen-bond acceptors (Lipinski definition) is 6. The Morgan fingerprint density at radius 3 is 1.00 bits per heavy atom. The van der Waals surface area contributed by atoms with Gasteiger partial charge in [0.05, 0.1) is 24.0 Å². The van der Waals surface area contributed by atoms with Gasteiger partial charge >= 0.3 is 11.9 Å². The van der Waals surface area contributed by atoms with Crippen LogP contribution in [0.15, 0.2) is 0 Å². The van der Waals surface area contributed by atoms with Crippen LogP contribution < -0.4 is 0 Å². The van der Waals surface area contributed by atoms with Crippen molar-refractivity contribution in [2.45, 2.75) is 67.6 Å². The topological polar surface area (TPSA) is 71.1 Å². The summed E-state index contributed by atoms with van der Waals surface area (Å²) in [6.45, 7) is 14.2. The summed E-state index contributed by atoms with van der Waals surface area (Å²) in [5, 5.41) is 0. The summed E-state index contributed by atoms with van der Waals surface area (Å²) >= 11 is 0. The number of rotatable bonds is 6. The number of carbonyl (C=O) groups excluding carboxylic acids is 2. The predicted octanol–water partition coefficient (Wildman–Crippen LogP) is 3.05. The maximum atomic E-state index is 10.7. The van der Waals surface area contributed by atoms with Crippen molar-refractivity contribution < 1.29 is 55.3 Å². The van der Waals surface area contributed by atoms with Gasteiger partial charge in [-0.25, -0.2) is 9.59 Å². The molecular weight excluding hydrogens is 355 g/mol. The van der Waals surface area contributed by atoms with E-state index < -0.39 is 0 Å². The van der Waals surface area contributed by atoms with Crippen molar-refractivity contribution in [2.24, 2.45) is 11.8 Å². The number of hydrogen-bond donors (Lipinski definition) is 0. The normalized spacial score (nSPS) is 10.1. The molecule has 0 atom stereocenters. The van der Waals surface area contributed by atoms with Gasteiger partial charge in [0, 0.05) is 26.2 Å². The van der Waals surface area contributed by atoms with Crippen molar-refractivity contribution in [1.29, 1.82) is 0 Å². The molecule has 0 heterocycles. The average molecular weight is 384 g/mol. The fourth-order valence-corrected chi connectivity index (χ4v) is 0.480. The molecule has 0 aliphatic carbocycles. The summed E-state index contributed by atoms with van der Waals surface area (Å²) in [5.41, 5.74) is 0. The van der Waals surface area contributed by atoms with E-state index in [-0.39, 0.29) is 62.2 Å². The summed E-state index contributed by atoms with van der Waals surface area (Å²) in [7, 11) is 0. The van der Waals surface area contributed by atoms with Gasteiger partial charge in [0.2, 0.25) is 0 Å². The van der Waals surface area contributed by atoms with Crippen LogP contribution >= 0.6 is 0 Å². The molecular formula is C14H28O6Zr. The first kappa shape index (κ1) is 25.7. The van der Waals surface area contributed by atoms with Gasteiger partial charge in [-0.2, -0.15) is 9.78 Å². The molecule has 0 aliphatic heterocycles. The second-order valence-electron chi connectivity index (χ2n) is 5.40. The van der Waals surface area contributed by atoms with Crippen LogP contribution in [0.25, 0.3) is 0 Å². The molecule has 0 spiro atoms. The first-order valence-electron chi connectivity index (χ1n) is 6.82. The third-order valence-corrected chi connectivity index (χ3v) is 1.59. The van der Waals surface area contributed by atoms with Crippen molar-refractivity contribution in [3.05, 3.63) is 0 Å². The van der Waals surface area contributed by atoms with Gasteiger partial charge in [-0.3, -0.25) is 9.78 Å². The zero-order valence-corrected chi connectivity index (χ0v) is 16.7. The van der Waals surface area contributed by atoms with Gasteiger partial charge in [-0.05, 0) is 27.7 Å². The fraction of sp³-hybridized carbons (Fsp3) is 0.857. The quantitative estimate of drug-likeness (QED) is 0.518. The molecule has 7 heteroatoms.